The minimum Gasteiger partial charge on any atom is -0.495 e. The van der Waals surface area contributed by atoms with Gasteiger partial charge in [0.05, 0.1) is 24.1 Å². The fourth-order valence-corrected chi connectivity index (χ4v) is 5.21. The molecule has 0 radical (unpaired) electrons. The second-order valence-electron chi connectivity index (χ2n) is 6.89. The van der Waals surface area contributed by atoms with E-state index in [9.17, 15) is 13.2 Å². The molecule has 2 aromatic carbocycles. The summed E-state index contributed by atoms with van der Waals surface area (Å²) in [6.45, 7) is 4.05. The summed E-state index contributed by atoms with van der Waals surface area (Å²) in [6.07, 6.45) is 1.06. The van der Waals surface area contributed by atoms with E-state index >= 15 is 0 Å². The van der Waals surface area contributed by atoms with Gasteiger partial charge in [-0.05, 0) is 37.6 Å². The van der Waals surface area contributed by atoms with Crippen molar-refractivity contribution in [1.29, 1.82) is 0 Å². The second-order valence-corrected chi connectivity index (χ2v) is 10.3. The van der Waals surface area contributed by atoms with Gasteiger partial charge < -0.3 is 10.1 Å². The van der Waals surface area contributed by atoms with Crippen molar-refractivity contribution < 1.29 is 17.9 Å². The Labute approximate surface area is 188 Å². The Bertz CT molecular complexity index is 983. The number of carbonyl (C=O) groups excluding carboxylic acids is 1. The highest BCUT2D eigenvalue weighted by Gasteiger charge is 2.29. The molecule has 164 valence electrons. The molecule has 0 spiro atoms. The number of aryl methyl sites for hydroxylation is 1. The van der Waals surface area contributed by atoms with Gasteiger partial charge in [-0.1, -0.05) is 41.4 Å². The van der Waals surface area contributed by atoms with Crippen molar-refractivity contribution in [1.82, 2.24) is 5.32 Å². The molecule has 9 heteroatoms. The maximum Gasteiger partial charge on any atom is 0.243 e. The Morgan fingerprint density at radius 3 is 2.60 bits per heavy atom. The molecule has 0 unspecified atom stereocenters. The average molecular weight is 471 g/mol. The van der Waals surface area contributed by atoms with Crippen LogP contribution in [-0.4, -0.2) is 46.0 Å². The lowest BCUT2D eigenvalue weighted by molar-refractivity contribution is -0.121. The lowest BCUT2D eigenvalue weighted by Gasteiger charge is -2.28. The molecule has 0 aliphatic heterocycles. The van der Waals surface area contributed by atoms with Crippen LogP contribution in [0.25, 0.3) is 0 Å². The average Bonchev–Trinajstić information content (AvgIpc) is 2.66. The Kier molecular flexibility index (Phi) is 8.88. The monoisotopic (exact) mass is 470 g/mol. The molecule has 0 bridgehead atoms. The van der Waals surface area contributed by atoms with E-state index in [2.05, 4.69) is 30.4 Å². The van der Waals surface area contributed by atoms with Crippen molar-refractivity contribution in [3.63, 3.8) is 0 Å². The van der Waals surface area contributed by atoms with Crippen LogP contribution in [0.1, 0.15) is 18.1 Å². The molecule has 6 nitrogen and oxygen atoms in total. The zero-order chi connectivity index (χ0) is 22.3. The zero-order valence-corrected chi connectivity index (χ0v) is 19.9. The van der Waals surface area contributed by atoms with E-state index in [-0.39, 0.29) is 10.9 Å². The minimum atomic E-state index is -3.71. The Balaban J connectivity index is 1.96. The van der Waals surface area contributed by atoms with Crippen LogP contribution < -0.4 is 14.4 Å². The molecule has 0 saturated heterocycles. The van der Waals surface area contributed by atoms with Gasteiger partial charge in [0.1, 0.15) is 11.8 Å². The molecule has 0 saturated carbocycles. The lowest BCUT2D eigenvalue weighted by Crippen LogP contribution is -2.48. The van der Waals surface area contributed by atoms with Crippen LogP contribution in [0, 0.1) is 6.92 Å². The third-order valence-corrected chi connectivity index (χ3v) is 6.94. The Morgan fingerprint density at radius 1 is 1.27 bits per heavy atom. The third kappa shape index (κ3) is 6.82. The standard InChI is InChI=1S/C21H27ClN2O4S2/c1-15-6-5-7-17(12-15)14-29-11-10-23-21(25)16(2)24(30(4,26)27)18-8-9-20(28-3)19(22)13-18/h5-9,12-13,16H,10-11,14H2,1-4H3,(H,23,25)/t16-/m0/s1. The molecule has 0 heterocycles. The summed E-state index contributed by atoms with van der Waals surface area (Å²) in [4.78, 5) is 12.6. The number of amides is 1. The highest BCUT2D eigenvalue weighted by Crippen LogP contribution is 2.31. The van der Waals surface area contributed by atoms with Crippen LogP contribution >= 0.6 is 23.4 Å². The van der Waals surface area contributed by atoms with Crippen molar-refractivity contribution in [3.8, 4) is 5.75 Å². The highest BCUT2D eigenvalue weighted by atomic mass is 35.5. The van der Waals surface area contributed by atoms with E-state index in [1.807, 2.05) is 6.07 Å². The van der Waals surface area contributed by atoms with E-state index in [4.69, 9.17) is 16.3 Å². The number of carbonyl (C=O) groups is 1. The number of rotatable bonds is 10. The highest BCUT2D eigenvalue weighted by molar-refractivity contribution is 7.98. The predicted molar refractivity (Wildman–Crippen MR) is 125 cm³/mol. The van der Waals surface area contributed by atoms with Gasteiger partial charge in [-0.3, -0.25) is 9.10 Å². The van der Waals surface area contributed by atoms with Crippen LogP contribution in [0.4, 0.5) is 5.69 Å². The first-order valence-electron chi connectivity index (χ1n) is 9.37. The van der Waals surface area contributed by atoms with E-state index in [0.29, 0.717) is 18.0 Å². The van der Waals surface area contributed by atoms with Gasteiger partial charge in [-0.2, -0.15) is 11.8 Å². The number of nitrogens with one attached hydrogen (secondary N) is 1. The molecule has 0 aliphatic rings. The molecule has 1 N–H and O–H groups in total. The first kappa shape index (κ1) is 24.4. The summed E-state index contributed by atoms with van der Waals surface area (Å²) in [5.41, 5.74) is 2.76. The van der Waals surface area contributed by atoms with Gasteiger partial charge in [0.2, 0.25) is 15.9 Å². The number of sulfonamides is 1. The number of ether oxygens (including phenoxy) is 1. The molecular weight excluding hydrogens is 444 g/mol. The molecule has 30 heavy (non-hydrogen) atoms. The van der Waals surface area contributed by atoms with Gasteiger partial charge in [0.25, 0.3) is 0 Å². The number of thioether (sulfide) groups is 1. The number of benzene rings is 2. The SMILES string of the molecule is COc1ccc(N([C@@H](C)C(=O)NCCSCc2cccc(C)c2)S(C)(=O)=O)cc1Cl. The van der Waals surface area contributed by atoms with E-state index in [1.165, 1.54) is 24.3 Å². The lowest BCUT2D eigenvalue weighted by atomic mass is 10.2. The largest absolute Gasteiger partial charge is 0.495 e. The molecular formula is C21H27ClN2O4S2. The first-order valence-corrected chi connectivity index (χ1v) is 12.8. The number of methoxy groups -OCH3 is 1. The van der Waals surface area contributed by atoms with Crippen LogP contribution in [-0.2, 0) is 20.6 Å². The number of hydrogen-bond acceptors (Lipinski definition) is 5. The molecule has 1 atom stereocenters. The van der Waals surface area contributed by atoms with Gasteiger partial charge in [-0.15, -0.1) is 0 Å². The summed E-state index contributed by atoms with van der Waals surface area (Å²) in [5, 5.41) is 3.08. The zero-order valence-electron chi connectivity index (χ0n) is 17.5. The van der Waals surface area contributed by atoms with Gasteiger partial charge in [-0.25, -0.2) is 8.42 Å². The van der Waals surface area contributed by atoms with Gasteiger partial charge >= 0.3 is 0 Å². The van der Waals surface area contributed by atoms with Crippen molar-refractivity contribution >= 4 is 45.0 Å². The topological polar surface area (TPSA) is 75.7 Å². The molecule has 0 fully saturated rings. The molecule has 0 aromatic heterocycles. The number of halogens is 1. The summed E-state index contributed by atoms with van der Waals surface area (Å²) >= 11 is 7.84. The summed E-state index contributed by atoms with van der Waals surface area (Å²) < 4.78 is 30.9. The van der Waals surface area contributed by atoms with Crippen LogP contribution in [0.3, 0.4) is 0 Å². The maximum atomic E-state index is 12.6. The molecule has 1 amide bonds. The smallest absolute Gasteiger partial charge is 0.243 e. The van der Waals surface area contributed by atoms with Crippen molar-refractivity contribution in [3.05, 3.63) is 58.6 Å². The van der Waals surface area contributed by atoms with Gasteiger partial charge in [0, 0.05) is 18.1 Å². The molecule has 0 aliphatic carbocycles. The number of anilines is 1. The van der Waals surface area contributed by atoms with Crippen LogP contribution in [0.15, 0.2) is 42.5 Å². The first-order chi connectivity index (χ1) is 14.1. The third-order valence-electron chi connectivity index (χ3n) is 4.38. The summed E-state index contributed by atoms with van der Waals surface area (Å²) in [7, 11) is -2.23. The normalized spacial score (nSPS) is 12.3. The summed E-state index contributed by atoms with van der Waals surface area (Å²) in [5.74, 6) is 1.63. The number of hydrogen-bond donors (Lipinski definition) is 1. The predicted octanol–water partition coefficient (Wildman–Crippen LogP) is 3.86. The quantitative estimate of drug-likeness (QED) is 0.533. The molecule has 2 aromatic rings. The molecule has 2 rings (SSSR count). The van der Waals surface area contributed by atoms with E-state index < -0.39 is 16.1 Å². The van der Waals surface area contributed by atoms with Crippen LogP contribution in [0.2, 0.25) is 5.02 Å². The summed E-state index contributed by atoms with van der Waals surface area (Å²) in [6, 6.07) is 12.0. The van der Waals surface area contributed by atoms with Crippen molar-refractivity contribution in [2.75, 3.05) is 30.0 Å². The second kappa shape index (κ2) is 10.9. The van der Waals surface area contributed by atoms with Crippen LogP contribution in [0.5, 0.6) is 5.75 Å². The Hall–Kier alpha value is -1.90. The Morgan fingerprint density at radius 2 is 2.00 bits per heavy atom. The van der Waals surface area contributed by atoms with Gasteiger partial charge in [0.15, 0.2) is 0 Å². The van der Waals surface area contributed by atoms with E-state index in [1.54, 1.807) is 30.8 Å². The van der Waals surface area contributed by atoms with E-state index in [0.717, 1.165) is 22.1 Å². The maximum absolute atomic E-state index is 12.6. The number of nitrogens with zero attached hydrogens (tertiary/aromatic N) is 1. The minimum absolute atomic E-state index is 0.267. The fraction of sp³-hybridized carbons (Fsp3) is 0.381. The van der Waals surface area contributed by atoms with Crippen molar-refractivity contribution in [2.24, 2.45) is 0 Å². The van der Waals surface area contributed by atoms with Crippen molar-refractivity contribution in [2.45, 2.75) is 25.6 Å². The fourth-order valence-electron chi connectivity index (χ4n) is 2.99.